The molecule has 90 valence electrons. The average molecular weight is 221 g/mol. The van der Waals surface area contributed by atoms with E-state index in [4.69, 9.17) is 0 Å². The third kappa shape index (κ3) is 4.71. The van der Waals surface area contributed by atoms with Gasteiger partial charge in [0.2, 0.25) is 0 Å². The number of aryl methyl sites for hydroxylation is 3. The second-order valence-electron chi connectivity index (χ2n) is 4.12. The molecule has 0 saturated heterocycles. The lowest BCUT2D eigenvalue weighted by Crippen LogP contribution is -2.15. The number of hydrogen-bond acceptors (Lipinski definition) is 3. The van der Waals surface area contributed by atoms with Gasteiger partial charge >= 0.3 is 0 Å². The minimum absolute atomic E-state index is 0.978. The summed E-state index contributed by atoms with van der Waals surface area (Å²) in [6.07, 6.45) is 4.30. The summed E-state index contributed by atoms with van der Waals surface area (Å²) >= 11 is 0. The monoisotopic (exact) mass is 221 g/mol. The van der Waals surface area contributed by atoms with Crippen LogP contribution in [-0.2, 0) is 12.8 Å². The zero-order chi connectivity index (χ0) is 11.8. The van der Waals surface area contributed by atoms with Crippen molar-refractivity contribution in [1.82, 2.24) is 15.3 Å². The second-order valence-corrected chi connectivity index (χ2v) is 4.12. The molecule has 16 heavy (non-hydrogen) atoms. The van der Waals surface area contributed by atoms with Gasteiger partial charge in [-0.15, -0.1) is 0 Å². The van der Waals surface area contributed by atoms with Crippen molar-refractivity contribution in [1.29, 1.82) is 0 Å². The molecule has 3 nitrogen and oxygen atoms in total. The Hall–Kier alpha value is -0.960. The maximum absolute atomic E-state index is 4.58. The van der Waals surface area contributed by atoms with E-state index in [2.05, 4.69) is 42.1 Å². The first kappa shape index (κ1) is 13.1. The molecule has 0 spiro atoms. The van der Waals surface area contributed by atoms with Crippen molar-refractivity contribution in [2.24, 2.45) is 0 Å². The molecule has 1 rings (SSSR count). The van der Waals surface area contributed by atoms with E-state index in [9.17, 15) is 0 Å². The highest BCUT2D eigenvalue weighted by atomic mass is 14.9. The third-order valence-corrected chi connectivity index (χ3v) is 2.46. The van der Waals surface area contributed by atoms with E-state index >= 15 is 0 Å². The Balaban J connectivity index is 2.51. The van der Waals surface area contributed by atoms with E-state index < -0.39 is 0 Å². The van der Waals surface area contributed by atoms with Crippen LogP contribution >= 0.6 is 0 Å². The number of rotatable bonds is 7. The van der Waals surface area contributed by atoms with Crippen molar-refractivity contribution >= 4 is 0 Å². The Bertz CT molecular complexity index is 310. The van der Waals surface area contributed by atoms with Crippen LogP contribution in [0.3, 0.4) is 0 Å². The summed E-state index contributed by atoms with van der Waals surface area (Å²) in [5.41, 5.74) is 2.28. The Labute approximate surface area is 98.7 Å². The van der Waals surface area contributed by atoms with Gasteiger partial charge in [-0.25, -0.2) is 9.97 Å². The van der Waals surface area contributed by atoms with Gasteiger partial charge in [-0.1, -0.05) is 20.3 Å². The van der Waals surface area contributed by atoms with Crippen LogP contribution in [0.25, 0.3) is 0 Å². The molecule has 0 aliphatic carbocycles. The number of nitrogens with one attached hydrogen (secondary N) is 1. The summed E-state index contributed by atoms with van der Waals surface area (Å²) in [5, 5.41) is 3.32. The van der Waals surface area contributed by atoms with Gasteiger partial charge in [0.15, 0.2) is 0 Å². The van der Waals surface area contributed by atoms with Gasteiger partial charge in [0.05, 0.1) is 0 Å². The highest BCUT2D eigenvalue weighted by molar-refractivity contribution is 5.10. The summed E-state index contributed by atoms with van der Waals surface area (Å²) in [7, 11) is 0. The minimum Gasteiger partial charge on any atom is -0.317 e. The maximum Gasteiger partial charge on any atom is 0.128 e. The number of aromatic nitrogens is 2. The quantitative estimate of drug-likeness (QED) is 0.718. The molecule has 0 unspecified atom stereocenters. The standard InChI is InChI=1S/C13H23N3/c1-4-7-12-10-11(3)15-13(16-12)8-6-9-14-5-2/h10,14H,4-9H2,1-3H3. The van der Waals surface area contributed by atoms with Crippen molar-refractivity contribution < 1.29 is 0 Å². The minimum atomic E-state index is 0.978. The number of hydrogen-bond donors (Lipinski definition) is 1. The molecule has 0 saturated carbocycles. The first-order valence-corrected chi connectivity index (χ1v) is 6.30. The highest BCUT2D eigenvalue weighted by Gasteiger charge is 2.01. The summed E-state index contributed by atoms with van der Waals surface area (Å²) < 4.78 is 0. The maximum atomic E-state index is 4.58. The molecule has 3 heteroatoms. The fourth-order valence-corrected chi connectivity index (χ4v) is 1.74. The van der Waals surface area contributed by atoms with Crippen LogP contribution in [0.4, 0.5) is 0 Å². The van der Waals surface area contributed by atoms with Gasteiger partial charge in [0.1, 0.15) is 5.82 Å². The average Bonchev–Trinajstić information content (AvgIpc) is 2.24. The third-order valence-electron chi connectivity index (χ3n) is 2.46. The molecular weight excluding hydrogens is 198 g/mol. The Morgan fingerprint density at radius 2 is 2.00 bits per heavy atom. The molecule has 1 aromatic rings. The molecule has 1 N–H and O–H groups in total. The largest absolute Gasteiger partial charge is 0.317 e. The van der Waals surface area contributed by atoms with Gasteiger partial charge in [-0.2, -0.15) is 0 Å². The van der Waals surface area contributed by atoms with Crippen LogP contribution < -0.4 is 5.32 Å². The van der Waals surface area contributed by atoms with E-state index in [0.29, 0.717) is 0 Å². The predicted molar refractivity (Wildman–Crippen MR) is 67.6 cm³/mol. The lowest BCUT2D eigenvalue weighted by atomic mass is 10.2. The van der Waals surface area contributed by atoms with Crippen LogP contribution in [-0.4, -0.2) is 23.1 Å². The summed E-state index contributed by atoms with van der Waals surface area (Å²) in [5.74, 6) is 1.00. The Morgan fingerprint density at radius 3 is 2.69 bits per heavy atom. The topological polar surface area (TPSA) is 37.8 Å². The zero-order valence-electron chi connectivity index (χ0n) is 10.7. The molecule has 0 fully saturated rings. The van der Waals surface area contributed by atoms with Gasteiger partial charge in [-0.05, 0) is 38.9 Å². The molecule has 0 aliphatic heterocycles. The lowest BCUT2D eigenvalue weighted by Gasteiger charge is -2.05. The summed E-state index contributed by atoms with van der Waals surface area (Å²) in [6, 6.07) is 2.09. The van der Waals surface area contributed by atoms with E-state index in [1.807, 2.05) is 0 Å². The van der Waals surface area contributed by atoms with Crippen LogP contribution in [0.15, 0.2) is 6.07 Å². The smallest absolute Gasteiger partial charge is 0.128 e. The highest BCUT2D eigenvalue weighted by Crippen LogP contribution is 2.05. The van der Waals surface area contributed by atoms with Gasteiger partial charge in [0, 0.05) is 17.8 Å². The van der Waals surface area contributed by atoms with Crippen LogP contribution in [0, 0.1) is 6.92 Å². The van der Waals surface area contributed by atoms with Crippen molar-refractivity contribution in [3.8, 4) is 0 Å². The van der Waals surface area contributed by atoms with Gasteiger partial charge in [-0.3, -0.25) is 0 Å². The molecule has 0 atom stereocenters. The summed E-state index contributed by atoms with van der Waals surface area (Å²) in [4.78, 5) is 9.06. The van der Waals surface area contributed by atoms with E-state index in [-0.39, 0.29) is 0 Å². The van der Waals surface area contributed by atoms with E-state index in [0.717, 1.165) is 50.3 Å². The van der Waals surface area contributed by atoms with Crippen molar-refractivity contribution in [3.05, 3.63) is 23.3 Å². The normalized spacial score (nSPS) is 10.7. The van der Waals surface area contributed by atoms with E-state index in [1.54, 1.807) is 0 Å². The van der Waals surface area contributed by atoms with Crippen LogP contribution in [0.2, 0.25) is 0 Å². The Kier molecular flexibility index (Phi) is 6.01. The summed E-state index contributed by atoms with van der Waals surface area (Å²) in [6.45, 7) is 8.45. The van der Waals surface area contributed by atoms with Crippen molar-refractivity contribution in [2.75, 3.05) is 13.1 Å². The molecule has 1 aromatic heterocycles. The fraction of sp³-hybridized carbons (Fsp3) is 0.692. The first-order chi connectivity index (χ1) is 7.76. The van der Waals surface area contributed by atoms with Crippen LogP contribution in [0.1, 0.15) is 43.9 Å². The lowest BCUT2D eigenvalue weighted by molar-refractivity contribution is 0.655. The molecule has 0 bridgehead atoms. The molecule has 0 aromatic carbocycles. The van der Waals surface area contributed by atoms with Crippen molar-refractivity contribution in [3.63, 3.8) is 0 Å². The van der Waals surface area contributed by atoms with Gasteiger partial charge < -0.3 is 5.32 Å². The fourth-order valence-electron chi connectivity index (χ4n) is 1.74. The Morgan fingerprint density at radius 1 is 1.19 bits per heavy atom. The predicted octanol–water partition coefficient (Wildman–Crippen LogP) is 2.28. The molecule has 0 radical (unpaired) electrons. The van der Waals surface area contributed by atoms with Crippen LogP contribution in [0.5, 0.6) is 0 Å². The zero-order valence-corrected chi connectivity index (χ0v) is 10.7. The van der Waals surface area contributed by atoms with E-state index in [1.165, 1.54) is 5.69 Å². The van der Waals surface area contributed by atoms with Crippen molar-refractivity contribution in [2.45, 2.75) is 46.5 Å². The second kappa shape index (κ2) is 7.34. The molecule has 0 amide bonds. The number of nitrogens with zero attached hydrogens (tertiary/aromatic N) is 2. The van der Waals surface area contributed by atoms with Gasteiger partial charge in [0.25, 0.3) is 0 Å². The molecular formula is C13H23N3. The SMILES string of the molecule is CCCc1cc(C)nc(CCCNCC)n1. The molecule has 0 aliphatic rings. The first-order valence-electron chi connectivity index (χ1n) is 6.30. The molecule has 1 heterocycles.